The quantitative estimate of drug-likeness (QED) is 0.799. The van der Waals surface area contributed by atoms with E-state index < -0.39 is 5.97 Å². The van der Waals surface area contributed by atoms with Crippen LogP contribution in [-0.2, 0) is 0 Å². The Hall–Kier alpha value is -1.51. The van der Waals surface area contributed by atoms with Gasteiger partial charge in [-0.15, -0.1) is 0 Å². The Morgan fingerprint density at radius 3 is 2.67 bits per heavy atom. The zero-order valence-corrected chi connectivity index (χ0v) is 8.39. The van der Waals surface area contributed by atoms with E-state index in [1.165, 1.54) is 12.8 Å². The zero-order chi connectivity index (χ0) is 10.4. The molecule has 3 aliphatic rings. The standard InChI is InChI=1S/C12H13NO2/c14-12(15)10-3-1-2-4-11(10)13-7-8-5-9(13)6-8/h1-4,8-9H,5-7H2,(H,14,15). The average molecular weight is 203 g/mol. The lowest BCUT2D eigenvalue weighted by Gasteiger charge is -2.28. The number of benzene rings is 1. The highest BCUT2D eigenvalue weighted by atomic mass is 16.4. The molecular weight excluding hydrogens is 190 g/mol. The molecule has 0 radical (unpaired) electrons. The van der Waals surface area contributed by atoms with Crippen LogP contribution in [0, 0.1) is 5.92 Å². The van der Waals surface area contributed by atoms with E-state index in [1.807, 2.05) is 12.1 Å². The van der Waals surface area contributed by atoms with Crippen LogP contribution in [0.15, 0.2) is 24.3 Å². The highest BCUT2D eigenvalue weighted by Gasteiger charge is 2.43. The summed E-state index contributed by atoms with van der Waals surface area (Å²) in [5.74, 6) is -0.0217. The lowest BCUT2D eigenvalue weighted by atomic mass is 9.86. The Bertz CT molecular complexity index is 410. The molecule has 3 nitrogen and oxygen atoms in total. The Labute approximate surface area is 88.3 Å². The largest absolute Gasteiger partial charge is 0.478 e. The normalized spacial score (nSPS) is 27.6. The van der Waals surface area contributed by atoms with Gasteiger partial charge in [-0.1, -0.05) is 12.1 Å². The van der Waals surface area contributed by atoms with Crippen LogP contribution >= 0.6 is 0 Å². The summed E-state index contributed by atoms with van der Waals surface area (Å²) in [6, 6.07) is 7.90. The van der Waals surface area contributed by atoms with E-state index in [-0.39, 0.29) is 0 Å². The molecular formula is C12H13NO2. The van der Waals surface area contributed by atoms with Crippen molar-refractivity contribution >= 4 is 11.7 Å². The molecule has 2 aliphatic heterocycles. The van der Waals surface area contributed by atoms with E-state index in [1.54, 1.807) is 12.1 Å². The molecule has 0 aromatic heterocycles. The van der Waals surface area contributed by atoms with E-state index in [0.717, 1.165) is 18.2 Å². The lowest BCUT2D eigenvalue weighted by Crippen LogP contribution is -2.29. The molecule has 1 aromatic carbocycles. The fraction of sp³-hybridized carbons (Fsp3) is 0.417. The second-order valence-corrected chi connectivity index (χ2v) is 4.47. The molecule has 3 heteroatoms. The lowest BCUT2D eigenvalue weighted by molar-refractivity contribution is 0.0697. The average Bonchev–Trinajstić information content (AvgIpc) is 2.75. The van der Waals surface area contributed by atoms with Crippen LogP contribution in [-0.4, -0.2) is 23.7 Å². The van der Waals surface area contributed by atoms with Crippen LogP contribution < -0.4 is 4.90 Å². The number of carboxylic acid groups (broad SMARTS) is 1. The van der Waals surface area contributed by atoms with Crippen LogP contribution in [0.3, 0.4) is 0 Å². The SMILES string of the molecule is O=C(O)c1ccccc1N1CC2CC1C2. The minimum Gasteiger partial charge on any atom is -0.478 e. The maximum Gasteiger partial charge on any atom is 0.337 e. The molecule has 1 aromatic rings. The third-order valence-electron chi connectivity index (χ3n) is 3.55. The molecule has 1 aliphatic carbocycles. The topological polar surface area (TPSA) is 40.5 Å². The molecule has 0 amide bonds. The molecule has 78 valence electrons. The molecule has 3 fully saturated rings. The summed E-state index contributed by atoms with van der Waals surface area (Å²) in [6.07, 6.45) is 2.49. The summed E-state index contributed by atoms with van der Waals surface area (Å²) < 4.78 is 0. The first-order chi connectivity index (χ1) is 7.25. The smallest absolute Gasteiger partial charge is 0.337 e. The van der Waals surface area contributed by atoms with Crippen LogP contribution in [0.2, 0.25) is 0 Å². The van der Waals surface area contributed by atoms with Crippen molar-refractivity contribution < 1.29 is 9.90 Å². The maximum absolute atomic E-state index is 11.1. The number of rotatable bonds is 2. The first-order valence-corrected chi connectivity index (χ1v) is 5.34. The van der Waals surface area contributed by atoms with Gasteiger partial charge in [-0.25, -0.2) is 4.79 Å². The van der Waals surface area contributed by atoms with Gasteiger partial charge in [0, 0.05) is 12.6 Å². The predicted octanol–water partition coefficient (Wildman–Crippen LogP) is 1.98. The first-order valence-electron chi connectivity index (χ1n) is 5.34. The molecule has 2 saturated heterocycles. The number of anilines is 1. The fourth-order valence-electron chi connectivity index (χ4n) is 2.73. The van der Waals surface area contributed by atoms with Gasteiger partial charge in [-0.2, -0.15) is 0 Å². The second-order valence-electron chi connectivity index (χ2n) is 4.47. The summed E-state index contributed by atoms with van der Waals surface area (Å²) in [4.78, 5) is 13.3. The van der Waals surface area contributed by atoms with Gasteiger partial charge in [-0.3, -0.25) is 0 Å². The van der Waals surface area contributed by atoms with Crippen molar-refractivity contribution in [3.8, 4) is 0 Å². The summed E-state index contributed by atoms with van der Waals surface area (Å²) >= 11 is 0. The van der Waals surface area contributed by atoms with Gasteiger partial charge in [0.1, 0.15) is 0 Å². The van der Waals surface area contributed by atoms with Crippen LogP contribution in [0.25, 0.3) is 0 Å². The van der Waals surface area contributed by atoms with E-state index in [2.05, 4.69) is 4.90 Å². The van der Waals surface area contributed by atoms with Crippen molar-refractivity contribution in [3.63, 3.8) is 0 Å². The van der Waals surface area contributed by atoms with Crippen molar-refractivity contribution in [1.82, 2.24) is 0 Å². The van der Waals surface area contributed by atoms with Gasteiger partial charge in [0.15, 0.2) is 0 Å². The van der Waals surface area contributed by atoms with Gasteiger partial charge >= 0.3 is 5.97 Å². The van der Waals surface area contributed by atoms with E-state index in [0.29, 0.717) is 11.6 Å². The van der Waals surface area contributed by atoms with Crippen molar-refractivity contribution in [1.29, 1.82) is 0 Å². The number of carboxylic acids is 1. The number of carbonyl (C=O) groups is 1. The predicted molar refractivity (Wildman–Crippen MR) is 57.3 cm³/mol. The number of fused-ring (bicyclic) bond motifs is 1. The first kappa shape index (κ1) is 8.77. The van der Waals surface area contributed by atoms with Crippen molar-refractivity contribution in [2.75, 3.05) is 11.4 Å². The monoisotopic (exact) mass is 203 g/mol. The Morgan fingerprint density at radius 2 is 2.07 bits per heavy atom. The molecule has 0 unspecified atom stereocenters. The third kappa shape index (κ3) is 1.23. The minimum atomic E-state index is -0.824. The summed E-state index contributed by atoms with van der Waals surface area (Å²) in [5.41, 5.74) is 1.33. The molecule has 2 bridgehead atoms. The molecule has 0 atom stereocenters. The number of hydrogen-bond donors (Lipinski definition) is 1. The van der Waals surface area contributed by atoms with Gasteiger partial charge in [0.25, 0.3) is 0 Å². The third-order valence-corrected chi connectivity index (χ3v) is 3.55. The van der Waals surface area contributed by atoms with E-state index >= 15 is 0 Å². The number of nitrogens with zero attached hydrogens (tertiary/aromatic N) is 1. The summed E-state index contributed by atoms with van der Waals surface area (Å²) in [5, 5.41) is 9.10. The maximum atomic E-state index is 11.1. The second kappa shape index (κ2) is 2.99. The fourth-order valence-corrected chi connectivity index (χ4v) is 2.73. The van der Waals surface area contributed by atoms with E-state index in [4.69, 9.17) is 5.11 Å². The Balaban J connectivity index is 2.00. The molecule has 0 spiro atoms. The van der Waals surface area contributed by atoms with Crippen LogP contribution in [0.1, 0.15) is 23.2 Å². The van der Waals surface area contributed by atoms with Gasteiger partial charge in [-0.05, 0) is 30.9 Å². The van der Waals surface area contributed by atoms with Gasteiger partial charge < -0.3 is 10.0 Å². The van der Waals surface area contributed by atoms with Crippen molar-refractivity contribution in [2.45, 2.75) is 18.9 Å². The molecule has 15 heavy (non-hydrogen) atoms. The number of aromatic carboxylic acids is 1. The zero-order valence-electron chi connectivity index (χ0n) is 8.39. The van der Waals surface area contributed by atoms with Crippen molar-refractivity contribution in [2.24, 2.45) is 5.92 Å². The molecule has 1 N–H and O–H groups in total. The Morgan fingerprint density at radius 1 is 1.33 bits per heavy atom. The van der Waals surface area contributed by atoms with Gasteiger partial charge in [0.2, 0.25) is 0 Å². The highest BCUT2D eigenvalue weighted by Crippen LogP contribution is 2.43. The number of hydrogen-bond acceptors (Lipinski definition) is 2. The molecule has 2 heterocycles. The van der Waals surface area contributed by atoms with Crippen LogP contribution in [0.5, 0.6) is 0 Å². The highest BCUT2D eigenvalue weighted by molar-refractivity contribution is 5.94. The van der Waals surface area contributed by atoms with Crippen molar-refractivity contribution in [3.05, 3.63) is 29.8 Å². The Kier molecular flexibility index (Phi) is 1.75. The molecule has 1 saturated carbocycles. The number of para-hydroxylation sites is 1. The van der Waals surface area contributed by atoms with Gasteiger partial charge in [0.05, 0.1) is 11.3 Å². The van der Waals surface area contributed by atoms with Crippen LogP contribution in [0.4, 0.5) is 5.69 Å². The van der Waals surface area contributed by atoms with E-state index in [9.17, 15) is 4.79 Å². The summed E-state index contributed by atoms with van der Waals surface area (Å²) in [7, 11) is 0. The minimum absolute atomic E-state index is 0.435. The summed E-state index contributed by atoms with van der Waals surface area (Å²) in [6.45, 7) is 1.04. The molecule has 4 rings (SSSR count).